The fourth-order valence-corrected chi connectivity index (χ4v) is 3.37. The molecule has 1 aromatic rings. The summed E-state index contributed by atoms with van der Waals surface area (Å²) < 4.78 is 5.74. The quantitative estimate of drug-likeness (QED) is 0.869. The first-order chi connectivity index (χ1) is 9.65. The lowest BCUT2D eigenvalue weighted by Gasteiger charge is -2.52. The van der Waals surface area contributed by atoms with Crippen molar-refractivity contribution in [3.63, 3.8) is 0 Å². The lowest BCUT2D eigenvalue weighted by molar-refractivity contribution is -0.138. The van der Waals surface area contributed by atoms with Crippen molar-refractivity contribution in [2.24, 2.45) is 11.7 Å². The maximum atomic E-state index is 12.1. The zero-order valence-corrected chi connectivity index (χ0v) is 11.8. The van der Waals surface area contributed by atoms with E-state index in [1.165, 1.54) is 5.56 Å². The van der Waals surface area contributed by atoms with Crippen LogP contribution < -0.4 is 11.1 Å². The van der Waals surface area contributed by atoms with Gasteiger partial charge in [-0.1, -0.05) is 29.8 Å². The van der Waals surface area contributed by atoms with Gasteiger partial charge in [0.1, 0.15) is 0 Å². The van der Waals surface area contributed by atoms with Crippen LogP contribution in [0.4, 0.5) is 0 Å². The molecule has 3 N–H and O–H groups in total. The predicted octanol–water partition coefficient (Wildman–Crippen LogP) is 1.16. The number of aryl methyl sites for hydroxylation is 1. The number of nitrogens with one attached hydrogen (secondary N) is 1. The Morgan fingerprint density at radius 3 is 3.15 bits per heavy atom. The Kier molecular flexibility index (Phi) is 3.76. The van der Waals surface area contributed by atoms with Gasteiger partial charge in [0, 0.05) is 18.6 Å². The molecule has 4 unspecified atom stereocenters. The molecule has 1 saturated heterocycles. The Labute approximate surface area is 119 Å². The number of nitrogens with two attached hydrogens (primary N) is 1. The molecule has 1 amide bonds. The third-order valence-electron chi connectivity index (χ3n) is 4.45. The fourth-order valence-electron chi connectivity index (χ4n) is 3.37. The van der Waals surface area contributed by atoms with Gasteiger partial charge < -0.3 is 15.8 Å². The van der Waals surface area contributed by atoms with Gasteiger partial charge in [-0.2, -0.15) is 0 Å². The summed E-state index contributed by atoms with van der Waals surface area (Å²) in [5, 5.41) is 3.04. The van der Waals surface area contributed by atoms with Crippen molar-refractivity contribution in [1.82, 2.24) is 5.32 Å². The summed E-state index contributed by atoms with van der Waals surface area (Å²) in [7, 11) is 0. The molecule has 1 aromatic carbocycles. The van der Waals surface area contributed by atoms with E-state index in [1.807, 2.05) is 31.2 Å². The van der Waals surface area contributed by atoms with E-state index in [2.05, 4.69) is 5.32 Å². The molecule has 20 heavy (non-hydrogen) atoms. The second-order valence-electron chi connectivity index (χ2n) is 5.98. The van der Waals surface area contributed by atoms with E-state index >= 15 is 0 Å². The molecule has 4 nitrogen and oxygen atoms in total. The highest BCUT2D eigenvalue weighted by atomic mass is 16.5. The van der Waals surface area contributed by atoms with Crippen LogP contribution in [0.25, 0.3) is 0 Å². The number of amides is 1. The largest absolute Gasteiger partial charge is 0.376 e. The minimum Gasteiger partial charge on any atom is -0.376 e. The second-order valence-corrected chi connectivity index (χ2v) is 5.98. The van der Waals surface area contributed by atoms with Crippen molar-refractivity contribution in [3.8, 4) is 0 Å². The fraction of sp³-hybridized carbons (Fsp3) is 0.562. The zero-order valence-electron chi connectivity index (χ0n) is 11.8. The van der Waals surface area contributed by atoms with Gasteiger partial charge in [0.15, 0.2) is 0 Å². The molecule has 1 aliphatic heterocycles. The molecular weight excluding hydrogens is 252 g/mol. The van der Waals surface area contributed by atoms with Gasteiger partial charge in [0.25, 0.3) is 0 Å². The Morgan fingerprint density at radius 1 is 1.50 bits per heavy atom. The van der Waals surface area contributed by atoms with Crippen molar-refractivity contribution in [2.75, 3.05) is 6.61 Å². The average Bonchev–Trinajstić information content (AvgIpc) is 2.44. The third-order valence-corrected chi connectivity index (χ3v) is 4.45. The minimum absolute atomic E-state index is 0.0161. The second kappa shape index (κ2) is 5.54. The number of ether oxygens (including phenoxy) is 1. The van der Waals surface area contributed by atoms with Crippen molar-refractivity contribution in [2.45, 2.75) is 44.4 Å². The number of benzene rings is 1. The van der Waals surface area contributed by atoms with E-state index in [4.69, 9.17) is 10.5 Å². The van der Waals surface area contributed by atoms with E-state index in [0.717, 1.165) is 25.0 Å². The van der Waals surface area contributed by atoms with Crippen LogP contribution in [-0.4, -0.2) is 30.7 Å². The molecule has 4 atom stereocenters. The van der Waals surface area contributed by atoms with Crippen LogP contribution in [0.2, 0.25) is 0 Å². The Hall–Kier alpha value is -1.39. The highest BCUT2D eigenvalue weighted by molar-refractivity contribution is 5.79. The predicted molar refractivity (Wildman–Crippen MR) is 77.3 cm³/mol. The van der Waals surface area contributed by atoms with Crippen molar-refractivity contribution in [3.05, 3.63) is 35.4 Å². The third kappa shape index (κ3) is 2.58. The molecule has 1 saturated carbocycles. The van der Waals surface area contributed by atoms with E-state index < -0.39 is 0 Å². The molecule has 0 bridgehead atoms. The number of rotatable bonds is 3. The van der Waals surface area contributed by atoms with Gasteiger partial charge in [-0.25, -0.2) is 0 Å². The van der Waals surface area contributed by atoms with Crippen molar-refractivity contribution in [1.29, 1.82) is 0 Å². The number of carbonyl (C=O) groups is 1. The van der Waals surface area contributed by atoms with Crippen LogP contribution in [0, 0.1) is 12.8 Å². The summed E-state index contributed by atoms with van der Waals surface area (Å²) >= 11 is 0. The van der Waals surface area contributed by atoms with Crippen molar-refractivity contribution < 1.29 is 9.53 Å². The normalized spacial score (nSPS) is 32.1. The molecule has 4 heteroatoms. The molecule has 2 aliphatic rings. The topological polar surface area (TPSA) is 64.4 Å². The van der Waals surface area contributed by atoms with E-state index in [9.17, 15) is 4.79 Å². The standard InChI is InChI=1S/C16H22N2O2/c1-10-4-2-5-11(8-10)9-13(19)18-15-14(17)12-6-3-7-20-16(12)15/h2,4-5,8,12,14-16H,3,6-7,9,17H2,1H3,(H,18,19). The van der Waals surface area contributed by atoms with E-state index in [-0.39, 0.29) is 24.1 Å². The minimum atomic E-state index is -0.0161. The maximum absolute atomic E-state index is 12.1. The van der Waals surface area contributed by atoms with Gasteiger partial charge in [-0.15, -0.1) is 0 Å². The van der Waals surface area contributed by atoms with Crippen LogP contribution in [0.3, 0.4) is 0 Å². The van der Waals surface area contributed by atoms with Gasteiger partial charge in [-0.05, 0) is 25.3 Å². The molecule has 0 aromatic heterocycles. The van der Waals surface area contributed by atoms with Gasteiger partial charge in [0.05, 0.1) is 18.6 Å². The molecule has 108 valence electrons. The van der Waals surface area contributed by atoms with Gasteiger partial charge >= 0.3 is 0 Å². The van der Waals surface area contributed by atoms with Crippen LogP contribution >= 0.6 is 0 Å². The number of fused-ring (bicyclic) bond motifs is 1. The lowest BCUT2D eigenvalue weighted by atomic mass is 9.68. The smallest absolute Gasteiger partial charge is 0.224 e. The monoisotopic (exact) mass is 274 g/mol. The summed E-state index contributed by atoms with van der Waals surface area (Å²) in [6, 6.07) is 8.06. The molecule has 2 fully saturated rings. The number of hydrogen-bond donors (Lipinski definition) is 2. The zero-order chi connectivity index (χ0) is 14.1. The lowest BCUT2D eigenvalue weighted by Crippen LogP contribution is -2.72. The summed E-state index contributed by atoms with van der Waals surface area (Å²) in [4.78, 5) is 12.1. The van der Waals surface area contributed by atoms with Crippen molar-refractivity contribution >= 4 is 5.91 Å². The summed E-state index contributed by atoms with van der Waals surface area (Å²) in [5.74, 6) is 0.455. The number of carbonyl (C=O) groups excluding carboxylic acids is 1. The summed E-state index contributed by atoms with van der Waals surface area (Å²) in [6.07, 6.45) is 2.73. The molecule has 1 heterocycles. The summed E-state index contributed by atoms with van der Waals surface area (Å²) in [5.41, 5.74) is 8.36. The Balaban J connectivity index is 1.57. The van der Waals surface area contributed by atoms with Crippen LogP contribution in [-0.2, 0) is 16.0 Å². The van der Waals surface area contributed by atoms with Gasteiger partial charge in [-0.3, -0.25) is 4.79 Å². The Morgan fingerprint density at radius 2 is 2.35 bits per heavy atom. The van der Waals surface area contributed by atoms with Crippen LogP contribution in [0.5, 0.6) is 0 Å². The highest BCUT2D eigenvalue weighted by Crippen LogP contribution is 2.36. The average molecular weight is 274 g/mol. The molecule has 0 spiro atoms. The molecular formula is C16H22N2O2. The number of hydrogen-bond acceptors (Lipinski definition) is 3. The summed E-state index contributed by atoms with van der Waals surface area (Å²) in [6.45, 7) is 2.82. The van der Waals surface area contributed by atoms with Crippen LogP contribution in [0.1, 0.15) is 24.0 Å². The van der Waals surface area contributed by atoms with E-state index in [0.29, 0.717) is 12.3 Å². The molecule has 1 aliphatic carbocycles. The first-order valence-corrected chi connectivity index (χ1v) is 7.37. The first-order valence-electron chi connectivity index (χ1n) is 7.37. The SMILES string of the molecule is Cc1cccc(CC(=O)NC2C(N)C3CCCOC32)c1. The molecule has 3 rings (SSSR count). The highest BCUT2D eigenvalue weighted by Gasteiger charge is 2.50. The first kappa shape index (κ1) is 13.6. The van der Waals surface area contributed by atoms with Gasteiger partial charge in [0.2, 0.25) is 5.91 Å². The van der Waals surface area contributed by atoms with E-state index in [1.54, 1.807) is 0 Å². The van der Waals surface area contributed by atoms with Crippen LogP contribution in [0.15, 0.2) is 24.3 Å². The molecule has 0 radical (unpaired) electrons. The Bertz CT molecular complexity index is 503. The maximum Gasteiger partial charge on any atom is 0.224 e.